The maximum atomic E-state index is 10.6. The number of hydrogen-bond donors (Lipinski definition) is 3. The van der Waals surface area contributed by atoms with Gasteiger partial charge in [0.1, 0.15) is 0 Å². The van der Waals surface area contributed by atoms with Crippen molar-refractivity contribution >= 4 is 7.67 Å². The van der Waals surface area contributed by atoms with Gasteiger partial charge in [0.15, 0.2) is 0 Å². The third kappa shape index (κ3) is 2.74. The van der Waals surface area contributed by atoms with Crippen LogP contribution in [0.2, 0.25) is 0 Å². The predicted molar refractivity (Wildman–Crippen MR) is 36.6 cm³/mol. The van der Waals surface area contributed by atoms with Crippen molar-refractivity contribution in [2.24, 2.45) is 11.0 Å². The van der Waals surface area contributed by atoms with Crippen LogP contribution in [0.4, 0.5) is 0 Å². The second-order valence-electron chi connectivity index (χ2n) is 2.09. The predicted octanol–water partition coefficient (Wildman–Crippen LogP) is -1.19. The summed E-state index contributed by atoms with van der Waals surface area (Å²) >= 11 is 0. The van der Waals surface area contributed by atoms with E-state index >= 15 is 0 Å². The zero-order valence-electron chi connectivity index (χ0n) is 5.49. The van der Waals surface area contributed by atoms with Crippen molar-refractivity contribution in [2.75, 3.05) is 19.8 Å². The highest BCUT2D eigenvalue weighted by atomic mass is 31.2. The average Bonchev–Trinajstić information content (AvgIpc) is 2.12. The molecule has 0 amide bonds. The van der Waals surface area contributed by atoms with E-state index in [-0.39, 0.29) is 0 Å². The zero-order chi connectivity index (χ0) is 7.61. The molecule has 1 aliphatic rings. The third-order valence-corrected chi connectivity index (χ3v) is 1.56. The van der Waals surface area contributed by atoms with Gasteiger partial charge in [0.25, 0.3) is 0 Å². The van der Waals surface area contributed by atoms with Crippen molar-refractivity contribution in [3.63, 3.8) is 0 Å². The molecule has 10 heavy (non-hydrogen) atoms. The summed E-state index contributed by atoms with van der Waals surface area (Å²) in [4.78, 5) is 0. The van der Waals surface area contributed by atoms with E-state index in [4.69, 9.17) is 11.0 Å². The third-order valence-electron chi connectivity index (χ3n) is 1.07. The monoisotopic (exact) mass is 166 g/mol. The molecule has 6 nitrogen and oxygen atoms in total. The molecule has 0 aliphatic carbocycles. The normalized spacial score (nSPS) is 21.8. The highest BCUT2D eigenvalue weighted by Gasteiger charge is 2.19. The molecule has 1 heterocycles. The van der Waals surface area contributed by atoms with E-state index in [0.717, 1.165) is 6.54 Å². The van der Waals surface area contributed by atoms with Gasteiger partial charge in [-0.25, -0.2) is 15.6 Å². The van der Waals surface area contributed by atoms with Gasteiger partial charge >= 0.3 is 7.67 Å². The quantitative estimate of drug-likeness (QED) is 0.446. The first-order valence-electron chi connectivity index (χ1n) is 2.90. The van der Waals surface area contributed by atoms with E-state index in [1.165, 1.54) is 5.06 Å². The lowest BCUT2D eigenvalue weighted by Gasteiger charge is -2.15. The molecule has 0 aromatic rings. The molecule has 1 rings (SSSR count). The van der Waals surface area contributed by atoms with Crippen LogP contribution in [0.5, 0.6) is 0 Å². The summed E-state index contributed by atoms with van der Waals surface area (Å²) in [5.41, 5.74) is 9.91. The van der Waals surface area contributed by atoms with Crippen LogP contribution in [0.3, 0.4) is 0 Å². The van der Waals surface area contributed by atoms with Gasteiger partial charge in [-0.2, -0.15) is 5.06 Å². The molecular weight excluding hydrogens is 155 g/mol. The molecular formula is C3H11N4O2P. The molecule has 0 bridgehead atoms. The smallest absolute Gasteiger partial charge is 0.301 e. The minimum absolute atomic E-state index is 0.526. The Labute approximate surface area is 59.0 Å². The molecule has 0 spiro atoms. The maximum Gasteiger partial charge on any atom is 0.352 e. The van der Waals surface area contributed by atoms with E-state index in [1.807, 2.05) is 0 Å². The lowest BCUT2D eigenvalue weighted by molar-refractivity contribution is -0.0330. The topological polar surface area (TPSA) is 93.6 Å². The van der Waals surface area contributed by atoms with E-state index in [2.05, 4.69) is 9.94 Å². The van der Waals surface area contributed by atoms with Crippen LogP contribution < -0.4 is 16.3 Å². The van der Waals surface area contributed by atoms with Gasteiger partial charge < -0.3 is 5.32 Å². The van der Waals surface area contributed by atoms with Crippen molar-refractivity contribution in [2.45, 2.75) is 0 Å². The van der Waals surface area contributed by atoms with Crippen molar-refractivity contribution in [3.8, 4) is 0 Å². The van der Waals surface area contributed by atoms with Crippen LogP contribution in [-0.4, -0.2) is 24.8 Å². The Hall–Kier alpha value is 0.0300. The fourth-order valence-electron chi connectivity index (χ4n) is 0.737. The summed E-state index contributed by atoms with van der Waals surface area (Å²) in [6.45, 7) is 2.00. The minimum Gasteiger partial charge on any atom is -0.301 e. The van der Waals surface area contributed by atoms with Gasteiger partial charge in [-0.15, -0.1) is 0 Å². The molecule has 0 aromatic heterocycles. The lowest BCUT2D eigenvalue weighted by atomic mass is 10.7. The number of nitrogens with two attached hydrogens (primary N) is 2. The Bertz CT molecular complexity index is 151. The fourth-order valence-corrected chi connectivity index (χ4v) is 1.24. The van der Waals surface area contributed by atoms with Crippen LogP contribution in [0.15, 0.2) is 0 Å². The summed E-state index contributed by atoms with van der Waals surface area (Å²) in [5.74, 6) is 0. The lowest BCUT2D eigenvalue weighted by Crippen LogP contribution is -2.25. The van der Waals surface area contributed by atoms with Crippen LogP contribution in [0, 0.1) is 0 Å². The fraction of sp³-hybridized carbons (Fsp3) is 1.00. The van der Waals surface area contributed by atoms with Gasteiger partial charge in [-0.05, 0) is 0 Å². The highest BCUT2D eigenvalue weighted by Crippen LogP contribution is 2.27. The first kappa shape index (κ1) is 8.13. The van der Waals surface area contributed by atoms with Gasteiger partial charge in [-0.3, -0.25) is 4.57 Å². The largest absolute Gasteiger partial charge is 0.352 e. The molecule has 0 aromatic carbocycles. The minimum atomic E-state index is -3.33. The number of nitrogens with one attached hydrogen (secondary N) is 1. The summed E-state index contributed by atoms with van der Waals surface area (Å²) < 4.78 is 15.3. The molecule has 0 saturated carbocycles. The average molecular weight is 166 g/mol. The summed E-state index contributed by atoms with van der Waals surface area (Å²) in [5, 5.41) is 4.41. The van der Waals surface area contributed by atoms with Gasteiger partial charge in [0.05, 0.1) is 6.67 Å². The number of rotatable bonds is 2. The number of hydroxylamine groups is 2. The van der Waals surface area contributed by atoms with E-state index in [0.29, 0.717) is 13.2 Å². The second-order valence-corrected chi connectivity index (χ2v) is 3.54. The molecule has 7 heteroatoms. The van der Waals surface area contributed by atoms with Crippen molar-refractivity contribution in [3.05, 3.63) is 0 Å². The first-order chi connectivity index (χ1) is 4.58. The van der Waals surface area contributed by atoms with Gasteiger partial charge in [0, 0.05) is 13.1 Å². The van der Waals surface area contributed by atoms with Crippen LogP contribution in [0.1, 0.15) is 0 Å². The SMILES string of the molecule is NP(N)(=O)ON1CCNC1. The van der Waals surface area contributed by atoms with Crippen molar-refractivity contribution < 1.29 is 9.19 Å². The van der Waals surface area contributed by atoms with Gasteiger partial charge in [-0.1, -0.05) is 0 Å². The van der Waals surface area contributed by atoms with E-state index < -0.39 is 7.67 Å². The Kier molecular flexibility index (Phi) is 2.40. The molecule has 0 atom stereocenters. The highest BCUT2D eigenvalue weighted by molar-refractivity contribution is 7.53. The van der Waals surface area contributed by atoms with Gasteiger partial charge in [0.2, 0.25) is 0 Å². The molecule has 5 N–H and O–H groups in total. The standard InChI is InChI=1S/C3H11N4O2P/c4-10(5,8)9-7-2-1-6-3-7/h6H,1-3H2,(H4,4,5,8). The molecule has 1 saturated heterocycles. The summed E-state index contributed by atoms with van der Waals surface area (Å²) in [6, 6.07) is 0. The van der Waals surface area contributed by atoms with Crippen LogP contribution >= 0.6 is 7.67 Å². The van der Waals surface area contributed by atoms with Crippen LogP contribution in [-0.2, 0) is 9.19 Å². The molecule has 0 unspecified atom stereocenters. The summed E-state index contributed by atoms with van der Waals surface area (Å²) in [7, 11) is -3.33. The number of nitrogens with zero attached hydrogens (tertiary/aromatic N) is 1. The maximum absolute atomic E-state index is 10.6. The van der Waals surface area contributed by atoms with Crippen molar-refractivity contribution in [1.82, 2.24) is 10.4 Å². The Morgan fingerprint density at radius 2 is 2.30 bits per heavy atom. The molecule has 1 fully saturated rings. The Morgan fingerprint density at radius 3 is 2.70 bits per heavy atom. The summed E-state index contributed by atoms with van der Waals surface area (Å²) in [6.07, 6.45) is 0. The molecule has 1 aliphatic heterocycles. The zero-order valence-corrected chi connectivity index (χ0v) is 6.38. The Balaban J connectivity index is 2.31. The molecule has 0 radical (unpaired) electrons. The molecule has 60 valence electrons. The second kappa shape index (κ2) is 2.96. The Morgan fingerprint density at radius 1 is 1.60 bits per heavy atom. The van der Waals surface area contributed by atoms with E-state index in [9.17, 15) is 4.57 Å². The number of hydrogen-bond acceptors (Lipinski definition) is 4. The van der Waals surface area contributed by atoms with E-state index in [1.54, 1.807) is 0 Å². The van der Waals surface area contributed by atoms with Crippen LogP contribution in [0.25, 0.3) is 0 Å². The van der Waals surface area contributed by atoms with Crippen molar-refractivity contribution in [1.29, 1.82) is 0 Å². The first-order valence-corrected chi connectivity index (χ1v) is 4.67.